The summed E-state index contributed by atoms with van der Waals surface area (Å²) in [5.41, 5.74) is -0.811. The largest absolute Gasteiger partial charge is 0.487 e. The minimum atomic E-state index is -4.47. The van der Waals surface area contributed by atoms with E-state index in [1.54, 1.807) is 4.90 Å². The maximum atomic E-state index is 13.0. The van der Waals surface area contributed by atoms with Crippen LogP contribution in [-0.4, -0.2) is 84.0 Å². The maximum absolute atomic E-state index is 13.0. The highest BCUT2D eigenvalue weighted by Crippen LogP contribution is 2.33. The Balaban J connectivity index is 1.39. The van der Waals surface area contributed by atoms with Crippen LogP contribution in [0, 0.1) is 0 Å². The molecule has 2 saturated heterocycles. The first-order chi connectivity index (χ1) is 16.1. The van der Waals surface area contributed by atoms with Gasteiger partial charge in [0.15, 0.2) is 0 Å². The summed E-state index contributed by atoms with van der Waals surface area (Å²) in [6.07, 6.45) is -2.27. The van der Waals surface area contributed by atoms with Crippen LogP contribution in [0.4, 0.5) is 18.0 Å². The molecule has 0 saturated carbocycles. The highest BCUT2D eigenvalue weighted by molar-refractivity contribution is 5.93. The van der Waals surface area contributed by atoms with Gasteiger partial charge in [-0.3, -0.25) is 0 Å². The predicted molar refractivity (Wildman–Crippen MR) is 110 cm³/mol. The Morgan fingerprint density at radius 1 is 1.12 bits per heavy atom. The quantitative estimate of drug-likeness (QED) is 0.607. The van der Waals surface area contributed by atoms with E-state index in [1.165, 1.54) is 21.9 Å². The van der Waals surface area contributed by atoms with Crippen molar-refractivity contribution in [2.24, 2.45) is 0 Å². The summed E-state index contributed by atoms with van der Waals surface area (Å²) < 4.78 is 55.2. The van der Waals surface area contributed by atoms with Crippen LogP contribution < -0.4 is 4.74 Å². The molecular weight excluding hydrogens is 459 g/mol. The molecule has 0 aliphatic carbocycles. The van der Waals surface area contributed by atoms with Crippen molar-refractivity contribution in [2.75, 3.05) is 39.3 Å². The monoisotopic (exact) mass is 483 g/mol. The van der Waals surface area contributed by atoms with Crippen molar-refractivity contribution in [1.82, 2.24) is 14.7 Å². The van der Waals surface area contributed by atoms with Crippen LogP contribution in [0.1, 0.15) is 18.9 Å². The molecule has 2 amide bonds. The molecule has 0 aromatic heterocycles. The zero-order valence-electron chi connectivity index (χ0n) is 18.4. The van der Waals surface area contributed by atoms with E-state index in [0.29, 0.717) is 26.1 Å². The third-order valence-corrected chi connectivity index (χ3v) is 5.73. The number of esters is 2. The number of hydrogen-bond acceptors (Lipinski definition) is 7. The number of likely N-dealkylation sites (tertiary alicyclic amines) is 1. The number of piperazine rings is 1. The van der Waals surface area contributed by atoms with Gasteiger partial charge in [-0.1, -0.05) is 13.0 Å². The van der Waals surface area contributed by atoms with Gasteiger partial charge in [-0.05, 0) is 24.6 Å². The van der Waals surface area contributed by atoms with Crippen LogP contribution in [0.5, 0.6) is 5.75 Å². The molecule has 1 aromatic carbocycles. The third-order valence-electron chi connectivity index (χ3n) is 5.73. The first-order valence-corrected chi connectivity index (χ1v) is 10.9. The van der Waals surface area contributed by atoms with Crippen LogP contribution in [-0.2, 0) is 25.2 Å². The molecule has 0 unspecified atom stereocenters. The van der Waals surface area contributed by atoms with Gasteiger partial charge in [0, 0.05) is 31.8 Å². The Morgan fingerprint density at radius 3 is 2.41 bits per heavy atom. The summed E-state index contributed by atoms with van der Waals surface area (Å²) >= 11 is 0. The van der Waals surface area contributed by atoms with Crippen LogP contribution in [0.15, 0.2) is 36.4 Å². The number of amides is 2. The third kappa shape index (κ3) is 4.96. The van der Waals surface area contributed by atoms with Crippen molar-refractivity contribution in [1.29, 1.82) is 0 Å². The van der Waals surface area contributed by atoms with Gasteiger partial charge in [0.25, 0.3) is 0 Å². The highest BCUT2D eigenvalue weighted by Gasteiger charge is 2.51. The van der Waals surface area contributed by atoms with Crippen molar-refractivity contribution >= 4 is 18.0 Å². The molecule has 3 aliphatic rings. The first kappa shape index (κ1) is 23.9. The molecule has 1 aromatic rings. The number of hydrogen-bond donors (Lipinski definition) is 0. The average Bonchev–Trinajstić information content (AvgIpc) is 2.89. The van der Waals surface area contributed by atoms with Gasteiger partial charge in [-0.25, -0.2) is 19.3 Å². The average molecular weight is 483 g/mol. The van der Waals surface area contributed by atoms with E-state index in [0.717, 1.165) is 24.3 Å². The first-order valence-electron chi connectivity index (χ1n) is 10.9. The molecule has 0 atom stereocenters. The van der Waals surface area contributed by atoms with Gasteiger partial charge < -0.3 is 24.0 Å². The van der Waals surface area contributed by atoms with Crippen molar-refractivity contribution in [3.05, 3.63) is 42.0 Å². The van der Waals surface area contributed by atoms with Crippen molar-refractivity contribution in [2.45, 2.75) is 31.5 Å². The normalized spacial score (nSPS) is 21.1. The van der Waals surface area contributed by atoms with E-state index >= 15 is 0 Å². The highest BCUT2D eigenvalue weighted by atomic mass is 19.4. The fraction of sp³-hybridized carbons (Fsp3) is 0.500. The van der Waals surface area contributed by atoms with E-state index in [4.69, 9.17) is 14.2 Å². The molecule has 0 bridgehead atoms. The number of ether oxygens (including phenoxy) is 3. The summed E-state index contributed by atoms with van der Waals surface area (Å²) in [4.78, 5) is 41.8. The Morgan fingerprint density at radius 2 is 1.79 bits per heavy atom. The lowest BCUT2D eigenvalue weighted by atomic mass is 10.1. The standard InChI is InChI=1S/C22H24F3N3O6/c1-2-8-28-10-9-26(14-21(28)33-18(29)6-7-19(30)34-21)20(31)27-12-17(13-27)32-16-5-3-4-15(11-16)22(23,24)25/h3-7,11,17H,2,8-10,12-14H2,1H3. The van der Waals surface area contributed by atoms with E-state index < -0.39 is 35.7 Å². The van der Waals surface area contributed by atoms with E-state index in [1.807, 2.05) is 6.92 Å². The van der Waals surface area contributed by atoms with Gasteiger partial charge in [-0.15, -0.1) is 0 Å². The summed E-state index contributed by atoms with van der Waals surface area (Å²) in [5.74, 6) is -3.15. The fourth-order valence-electron chi connectivity index (χ4n) is 4.09. The second-order valence-corrected chi connectivity index (χ2v) is 8.25. The summed E-state index contributed by atoms with van der Waals surface area (Å²) in [7, 11) is 0. The number of urea groups is 1. The van der Waals surface area contributed by atoms with Gasteiger partial charge in [0.2, 0.25) is 0 Å². The zero-order valence-corrected chi connectivity index (χ0v) is 18.4. The second kappa shape index (κ2) is 9.16. The molecular formula is C22H24F3N3O6. The molecule has 9 nitrogen and oxygen atoms in total. The van der Waals surface area contributed by atoms with Crippen molar-refractivity contribution < 1.29 is 41.8 Å². The van der Waals surface area contributed by atoms with Crippen molar-refractivity contribution in [3.63, 3.8) is 0 Å². The van der Waals surface area contributed by atoms with Crippen LogP contribution in [0.25, 0.3) is 0 Å². The molecule has 0 N–H and O–H groups in total. The van der Waals surface area contributed by atoms with Crippen LogP contribution >= 0.6 is 0 Å². The Labute approximate surface area is 193 Å². The van der Waals surface area contributed by atoms with E-state index in [2.05, 4.69) is 0 Å². The molecule has 0 radical (unpaired) electrons. The lowest BCUT2D eigenvalue weighted by Crippen LogP contribution is -2.69. The zero-order chi connectivity index (χ0) is 24.5. The summed E-state index contributed by atoms with van der Waals surface area (Å²) in [5, 5.41) is 0. The van der Waals surface area contributed by atoms with Crippen molar-refractivity contribution in [3.8, 4) is 5.75 Å². The van der Waals surface area contributed by atoms with Gasteiger partial charge in [0.05, 0.1) is 18.7 Å². The van der Waals surface area contributed by atoms with Gasteiger partial charge in [-0.2, -0.15) is 13.2 Å². The number of nitrogens with zero attached hydrogens (tertiary/aromatic N) is 3. The molecule has 2 fully saturated rings. The molecule has 3 aliphatic heterocycles. The Kier molecular flexibility index (Phi) is 6.43. The Bertz CT molecular complexity index is 972. The Hall–Kier alpha value is -3.28. The SMILES string of the molecule is CCCN1CCN(C(=O)N2CC(Oc3cccc(C(F)(F)F)c3)C2)CC12OC(=O)C=CC(=O)O2. The number of halogens is 3. The van der Waals surface area contributed by atoms with E-state index in [9.17, 15) is 27.6 Å². The topological polar surface area (TPSA) is 88.6 Å². The summed E-state index contributed by atoms with van der Waals surface area (Å²) in [6, 6.07) is 4.20. The molecule has 4 rings (SSSR count). The van der Waals surface area contributed by atoms with Crippen LogP contribution in [0.3, 0.4) is 0 Å². The number of benzene rings is 1. The van der Waals surface area contributed by atoms with Gasteiger partial charge in [0.1, 0.15) is 18.4 Å². The molecule has 3 heterocycles. The fourth-order valence-corrected chi connectivity index (χ4v) is 4.09. The number of carbonyl (C=O) groups excluding carboxylic acids is 3. The van der Waals surface area contributed by atoms with Crippen LogP contribution in [0.2, 0.25) is 0 Å². The molecule has 34 heavy (non-hydrogen) atoms. The molecule has 184 valence electrons. The summed E-state index contributed by atoms with van der Waals surface area (Å²) in [6.45, 7) is 3.24. The van der Waals surface area contributed by atoms with Gasteiger partial charge >= 0.3 is 30.1 Å². The number of alkyl halides is 3. The number of carbonyl (C=O) groups is 3. The lowest BCUT2D eigenvalue weighted by Gasteiger charge is -2.49. The minimum absolute atomic E-state index is 0.0730. The molecule has 1 spiro atoms. The smallest absolute Gasteiger partial charge is 0.416 e. The predicted octanol–water partition coefficient (Wildman–Crippen LogP) is 2.23. The second-order valence-electron chi connectivity index (χ2n) is 8.25. The number of rotatable bonds is 4. The maximum Gasteiger partial charge on any atom is 0.416 e. The van der Waals surface area contributed by atoms with E-state index in [-0.39, 0.29) is 31.4 Å². The molecule has 12 heteroatoms. The minimum Gasteiger partial charge on any atom is -0.487 e. The lowest BCUT2D eigenvalue weighted by molar-refractivity contribution is -0.296.